The molecule has 7 heteroatoms. The van der Waals surface area contributed by atoms with E-state index in [0.717, 1.165) is 21.8 Å². The fourth-order valence-corrected chi connectivity index (χ4v) is 3.27. The molecule has 3 rings (SSSR count). The molecule has 25 heavy (non-hydrogen) atoms. The average Bonchev–Trinajstić information content (AvgIpc) is 3.24. The third-order valence-corrected chi connectivity index (χ3v) is 4.39. The number of hydrogen-bond acceptors (Lipinski definition) is 4. The summed E-state index contributed by atoms with van der Waals surface area (Å²) in [6.45, 7) is 4.05. The molecule has 3 aromatic rings. The first-order valence-corrected chi connectivity index (χ1v) is 9.21. The van der Waals surface area contributed by atoms with Gasteiger partial charge >= 0.3 is 0 Å². The summed E-state index contributed by atoms with van der Waals surface area (Å²) in [5.41, 5.74) is 5.66. The first kappa shape index (κ1) is 17.3. The Balaban J connectivity index is 1.87. The van der Waals surface area contributed by atoms with Crippen molar-refractivity contribution in [1.29, 1.82) is 0 Å². The number of thiophene rings is 1. The van der Waals surface area contributed by atoms with Gasteiger partial charge in [0.05, 0.1) is 16.8 Å². The lowest BCUT2D eigenvalue weighted by molar-refractivity contribution is 0.720. The van der Waals surface area contributed by atoms with Crippen LogP contribution in [0.25, 0.3) is 16.3 Å². The van der Waals surface area contributed by atoms with E-state index >= 15 is 0 Å². The van der Waals surface area contributed by atoms with Crippen molar-refractivity contribution >= 4 is 34.9 Å². The van der Waals surface area contributed by atoms with Crippen LogP contribution < -0.4 is 10.7 Å². The summed E-state index contributed by atoms with van der Waals surface area (Å²) in [6, 6.07) is 14.3. The first-order valence-electron chi connectivity index (χ1n) is 7.92. The van der Waals surface area contributed by atoms with Gasteiger partial charge in [0.1, 0.15) is 5.69 Å². The summed E-state index contributed by atoms with van der Waals surface area (Å²) in [7, 11) is 0. The minimum absolute atomic E-state index is 0.262. The Morgan fingerprint density at radius 3 is 2.72 bits per heavy atom. The topological polar surface area (TPSA) is 54.2 Å². The number of nitrogens with zero attached hydrogens (tertiary/aromatic N) is 3. The smallest absolute Gasteiger partial charge is 0.187 e. The molecule has 0 spiro atoms. The molecule has 0 saturated heterocycles. The SMILES string of the molecule is CC(C)NC(=S)N/N=C\c1cn(-c2ccccc2)nc1-c1cccs1. The van der Waals surface area contributed by atoms with Crippen molar-refractivity contribution in [3.63, 3.8) is 0 Å². The van der Waals surface area contributed by atoms with Gasteiger partial charge in [-0.25, -0.2) is 4.68 Å². The number of hydrazone groups is 1. The molecule has 5 nitrogen and oxygen atoms in total. The highest BCUT2D eigenvalue weighted by atomic mass is 32.1. The van der Waals surface area contributed by atoms with E-state index in [1.54, 1.807) is 17.6 Å². The van der Waals surface area contributed by atoms with Crippen LogP contribution in [0.5, 0.6) is 0 Å². The van der Waals surface area contributed by atoms with Crippen LogP contribution in [-0.2, 0) is 0 Å². The van der Waals surface area contributed by atoms with Crippen molar-refractivity contribution in [2.24, 2.45) is 5.10 Å². The van der Waals surface area contributed by atoms with Crippen LogP contribution in [-0.4, -0.2) is 27.1 Å². The molecule has 128 valence electrons. The Kier molecular flexibility index (Phi) is 5.57. The molecule has 0 aliphatic rings. The van der Waals surface area contributed by atoms with E-state index in [-0.39, 0.29) is 6.04 Å². The molecule has 1 aromatic carbocycles. The van der Waals surface area contributed by atoms with E-state index in [9.17, 15) is 0 Å². The molecular formula is C18H19N5S2. The van der Waals surface area contributed by atoms with Crippen molar-refractivity contribution < 1.29 is 0 Å². The number of aromatic nitrogens is 2. The van der Waals surface area contributed by atoms with Crippen molar-refractivity contribution in [3.8, 4) is 16.3 Å². The van der Waals surface area contributed by atoms with Crippen molar-refractivity contribution in [3.05, 3.63) is 59.6 Å². The van der Waals surface area contributed by atoms with Crippen LogP contribution in [0.1, 0.15) is 19.4 Å². The molecule has 2 N–H and O–H groups in total. The molecule has 0 atom stereocenters. The average molecular weight is 370 g/mol. The van der Waals surface area contributed by atoms with Crippen LogP contribution in [0.4, 0.5) is 0 Å². The number of nitrogens with one attached hydrogen (secondary N) is 2. The number of benzene rings is 1. The summed E-state index contributed by atoms with van der Waals surface area (Å²) in [5.74, 6) is 0. The van der Waals surface area contributed by atoms with E-state index in [2.05, 4.69) is 21.9 Å². The van der Waals surface area contributed by atoms with Gasteiger partial charge in [0.25, 0.3) is 0 Å². The quantitative estimate of drug-likeness (QED) is 0.408. The van der Waals surface area contributed by atoms with Gasteiger partial charge < -0.3 is 5.32 Å². The van der Waals surface area contributed by atoms with Crippen LogP contribution in [0.3, 0.4) is 0 Å². The fraction of sp³-hybridized carbons (Fsp3) is 0.167. The molecule has 0 fully saturated rings. The van der Waals surface area contributed by atoms with Crippen molar-refractivity contribution in [2.75, 3.05) is 0 Å². The van der Waals surface area contributed by atoms with Crippen LogP contribution in [0, 0.1) is 0 Å². The zero-order valence-corrected chi connectivity index (χ0v) is 15.6. The molecular weight excluding hydrogens is 350 g/mol. The minimum atomic E-state index is 0.262. The third kappa shape index (κ3) is 4.52. The molecule has 2 heterocycles. The minimum Gasteiger partial charge on any atom is -0.359 e. The van der Waals surface area contributed by atoms with Gasteiger partial charge in [0, 0.05) is 17.8 Å². The zero-order valence-electron chi connectivity index (χ0n) is 14.0. The number of thiocarbonyl (C=S) groups is 1. The predicted molar refractivity (Wildman–Crippen MR) is 108 cm³/mol. The van der Waals surface area contributed by atoms with Crippen molar-refractivity contribution in [2.45, 2.75) is 19.9 Å². The molecule has 0 aliphatic carbocycles. The second-order valence-electron chi connectivity index (χ2n) is 5.69. The lowest BCUT2D eigenvalue weighted by atomic mass is 10.2. The second kappa shape index (κ2) is 8.04. The highest BCUT2D eigenvalue weighted by molar-refractivity contribution is 7.80. The largest absolute Gasteiger partial charge is 0.359 e. The zero-order chi connectivity index (χ0) is 17.6. The Morgan fingerprint density at radius 1 is 1.24 bits per heavy atom. The first-order chi connectivity index (χ1) is 12.1. The summed E-state index contributed by atoms with van der Waals surface area (Å²) >= 11 is 6.84. The van der Waals surface area contributed by atoms with Crippen LogP contribution in [0.15, 0.2) is 59.1 Å². The summed E-state index contributed by atoms with van der Waals surface area (Å²) in [5, 5.41) is 14.6. The third-order valence-electron chi connectivity index (χ3n) is 3.31. The van der Waals surface area contributed by atoms with Crippen LogP contribution >= 0.6 is 23.6 Å². The summed E-state index contributed by atoms with van der Waals surface area (Å²) in [4.78, 5) is 1.10. The lowest BCUT2D eigenvalue weighted by Crippen LogP contribution is -2.36. The molecule has 0 unspecified atom stereocenters. The number of para-hydroxylation sites is 1. The molecule has 0 amide bonds. The van der Waals surface area contributed by atoms with Gasteiger partial charge in [-0.1, -0.05) is 24.3 Å². The molecule has 0 bridgehead atoms. The molecule has 2 aromatic heterocycles. The van der Waals surface area contributed by atoms with E-state index in [1.807, 2.05) is 66.5 Å². The van der Waals surface area contributed by atoms with E-state index in [0.29, 0.717) is 5.11 Å². The predicted octanol–water partition coefficient (Wildman–Crippen LogP) is 3.81. The maximum Gasteiger partial charge on any atom is 0.187 e. The molecule has 0 aliphatic heterocycles. The number of rotatable bonds is 5. The molecule has 0 saturated carbocycles. The second-order valence-corrected chi connectivity index (χ2v) is 7.04. The van der Waals surface area contributed by atoms with E-state index in [4.69, 9.17) is 17.3 Å². The van der Waals surface area contributed by atoms with Gasteiger partial charge in [0.15, 0.2) is 5.11 Å². The van der Waals surface area contributed by atoms with Gasteiger partial charge in [-0.05, 0) is 49.6 Å². The maximum atomic E-state index is 5.19. The Bertz CT molecular complexity index is 851. The van der Waals surface area contributed by atoms with Gasteiger partial charge in [-0.3, -0.25) is 5.43 Å². The Morgan fingerprint density at radius 2 is 2.04 bits per heavy atom. The highest BCUT2D eigenvalue weighted by Gasteiger charge is 2.11. The van der Waals surface area contributed by atoms with Gasteiger partial charge in [-0.15, -0.1) is 11.3 Å². The standard InChI is InChI=1S/C18H19N5S2/c1-13(2)20-18(24)21-19-11-14-12-23(15-7-4-3-5-8-15)22-17(14)16-9-6-10-25-16/h3-13H,1-2H3,(H2,20,21,24)/b19-11-. The van der Waals surface area contributed by atoms with Gasteiger partial charge in [0.2, 0.25) is 0 Å². The maximum absolute atomic E-state index is 5.19. The number of hydrogen-bond donors (Lipinski definition) is 2. The Hall–Kier alpha value is -2.51. The van der Waals surface area contributed by atoms with Crippen LogP contribution in [0.2, 0.25) is 0 Å². The summed E-state index contributed by atoms with van der Waals surface area (Å²) in [6.07, 6.45) is 3.71. The van der Waals surface area contributed by atoms with Gasteiger partial charge in [-0.2, -0.15) is 10.2 Å². The van der Waals surface area contributed by atoms with Crippen molar-refractivity contribution in [1.82, 2.24) is 20.5 Å². The summed E-state index contributed by atoms with van der Waals surface area (Å²) < 4.78 is 1.86. The molecule has 0 radical (unpaired) electrons. The lowest BCUT2D eigenvalue weighted by Gasteiger charge is -2.09. The fourth-order valence-electron chi connectivity index (χ4n) is 2.25. The highest BCUT2D eigenvalue weighted by Crippen LogP contribution is 2.26. The van der Waals surface area contributed by atoms with E-state index in [1.165, 1.54) is 0 Å². The van der Waals surface area contributed by atoms with E-state index < -0.39 is 0 Å². The normalized spacial score (nSPS) is 11.2. The monoisotopic (exact) mass is 369 g/mol. The Labute approximate surface area is 156 Å².